The molecule has 1 amide bonds. The highest BCUT2D eigenvalue weighted by molar-refractivity contribution is 14.0. The van der Waals surface area contributed by atoms with Crippen LogP contribution in [-0.4, -0.2) is 44.3 Å². The molecule has 2 aromatic rings. The third kappa shape index (κ3) is 7.22. The van der Waals surface area contributed by atoms with Gasteiger partial charge in [-0.15, -0.1) is 24.0 Å². The number of methoxy groups -OCH3 is 1. The van der Waals surface area contributed by atoms with Gasteiger partial charge in [0.05, 0.1) is 12.8 Å². The first kappa shape index (κ1) is 24.7. The maximum Gasteiger partial charge on any atom is 0.251 e. The number of hydrogen-bond acceptors (Lipinski definition) is 5. The molecule has 160 valence electrons. The molecule has 1 aromatic carbocycles. The Labute approximate surface area is 188 Å². The molecule has 0 unspecified atom stereocenters. The minimum absolute atomic E-state index is 0. The molecule has 0 aliphatic heterocycles. The van der Waals surface area contributed by atoms with Gasteiger partial charge in [0, 0.05) is 44.2 Å². The fraction of sp³-hybridized carbons (Fsp3) is 0.450. The van der Waals surface area contributed by atoms with Crippen molar-refractivity contribution in [1.82, 2.24) is 21.1 Å². The van der Waals surface area contributed by atoms with E-state index in [0.29, 0.717) is 36.9 Å². The van der Waals surface area contributed by atoms with E-state index in [1.807, 2.05) is 6.92 Å². The molecule has 8 nitrogen and oxygen atoms in total. The second-order valence-corrected chi connectivity index (χ2v) is 6.08. The van der Waals surface area contributed by atoms with Crippen molar-refractivity contribution in [1.29, 1.82) is 0 Å². The fourth-order valence-electron chi connectivity index (χ4n) is 2.75. The lowest BCUT2D eigenvalue weighted by molar-refractivity contribution is 0.0954. The van der Waals surface area contributed by atoms with E-state index in [2.05, 4.69) is 33.0 Å². The molecule has 0 spiro atoms. The lowest BCUT2D eigenvalue weighted by atomic mass is 10.1. The zero-order chi connectivity index (χ0) is 20.4. The van der Waals surface area contributed by atoms with Crippen LogP contribution in [0.4, 0.5) is 0 Å². The predicted octanol–water partition coefficient (Wildman–Crippen LogP) is 2.52. The third-order valence-electron chi connectivity index (χ3n) is 4.30. The number of carbonyl (C=O) groups is 1. The zero-order valence-corrected chi connectivity index (χ0v) is 19.7. The Morgan fingerprint density at radius 2 is 1.93 bits per heavy atom. The Morgan fingerprint density at radius 3 is 2.59 bits per heavy atom. The number of guanidine groups is 1. The molecule has 9 heteroatoms. The first-order valence-corrected chi connectivity index (χ1v) is 9.45. The van der Waals surface area contributed by atoms with Crippen molar-refractivity contribution in [2.45, 2.75) is 33.2 Å². The molecule has 1 heterocycles. The summed E-state index contributed by atoms with van der Waals surface area (Å²) in [5.74, 6) is 2.06. The first-order chi connectivity index (χ1) is 13.6. The summed E-state index contributed by atoms with van der Waals surface area (Å²) in [5.41, 5.74) is 2.61. The number of aliphatic imine (C=N–C) groups is 1. The average molecular weight is 515 g/mol. The molecule has 0 aliphatic rings. The quantitative estimate of drug-likeness (QED) is 0.206. The molecule has 29 heavy (non-hydrogen) atoms. The summed E-state index contributed by atoms with van der Waals surface area (Å²) >= 11 is 0. The Balaban J connectivity index is 0.00000420. The normalized spacial score (nSPS) is 10.8. The summed E-state index contributed by atoms with van der Waals surface area (Å²) in [5, 5.41) is 13.4. The molecule has 0 bridgehead atoms. The topological polar surface area (TPSA) is 101 Å². The van der Waals surface area contributed by atoms with Gasteiger partial charge in [0.1, 0.15) is 11.5 Å². The van der Waals surface area contributed by atoms with Crippen LogP contribution in [0.25, 0.3) is 0 Å². The van der Waals surface area contributed by atoms with Crippen LogP contribution in [0.1, 0.15) is 41.2 Å². The van der Waals surface area contributed by atoms with Crippen molar-refractivity contribution in [3.63, 3.8) is 0 Å². The monoisotopic (exact) mass is 515 g/mol. The Kier molecular flexibility index (Phi) is 11.1. The third-order valence-corrected chi connectivity index (χ3v) is 4.30. The van der Waals surface area contributed by atoms with Crippen molar-refractivity contribution >= 4 is 35.8 Å². The van der Waals surface area contributed by atoms with Gasteiger partial charge in [0.2, 0.25) is 0 Å². The maximum absolute atomic E-state index is 12.2. The summed E-state index contributed by atoms with van der Waals surface area (Å²) in [6, 6.07) is 7.05. The highest BCUT2D eigenvalue weighted by atomic mass is 127. The van der Waals surface area contributed by atoms with Crippen LogP contribution in [0.2, 0.25) is 0 Å². The van der Waals surface area contributed by atoms with Gasteiger partial charge in [-0.25, -0.2) is 0 Å². The second-order valence-electron chi connectivity index (χ2n) is 6.08. The number of carbonyl (C=O) groups excluding carboxylic acids is 1. The van der Waals surface area contributed by atoms with Crippen LogP contribution < -0.4 is 20.7 Å². The molecule has 0 saturated carbocycles. The predicted molar refractivity (Wildman–Crippen MR) is 124 cm³/mol. The summed E-state index contributed by atoms with van der Waals surface area (Å²) in [4.78, 5) is 16.4. The summed E-state index contributed by atoms with van der Waals surface area (Å²) in [6.45, 7) is 5.69. The fourth-order valence-corrected chi connectivity index (χ4v) is 2.75. The number of nitrogens with one attached hydrogen (secondary N) is 3. The van der Waals surface area contributed by atoms with Crippen molar-refractivity contribution in [2.24, 2.45) is 4.99 Å². The number of halogens is 1. The van der Waals surface area contributed by atoms with Crippen LogP contribution in [0.15, 0.2) is 33.8 Å². The molecule has 2 rings (SSSR count). The molecule has 0 fully saturated rings. The van der Waals surface area contributed by atoms with E-state index in [9.17, 15) is 4.79 Å². The minimum atomic E-state index is -0.145. The number of hydrogen-bond donors (Lipinski definition) is 3. The van der Waals surface area contributed by atoms with Crippen molar-refractivity contribution in [2.75, 3.05) is 27.2 Å². The van der Waals surface area contributed by atoms with E-state index in [1.165, 1.54) is 0 Å². The molecule has 0 aliphatic carbocycles. The molecule has 0 radical (unpaired) electrons. The minimum Gasteiger partial charge on any atom is -0.497 e. The second kappa shape index (κ2) is 13.0. The standard InChI is InChI=1S/C20H29N5O3.HI/c1-5-17-16(18(6-2)28-25-17)13-24-20(21-3)23-11-10-22-19(26)14-8-7-9-15(12-14)27-4;/h7-9,12H,5-6,10-11,13H2,1-4H3,(H,22,26)(H2,21,23,24);1H. The zero-order valence-electron chi connectivity index (χ0n) is 17.4. The smallest absolute Gasteiger partial charge is 0.251 e. The number of rotatable bonds is 9. The first-order valence-electron chi connectivity index (χ1n) is 9.45. The van der Waals surface area contributed by atoms with Crippen LogP contribution >= 0.6 is 24.0 Å². The number of benzene rings is 1. The van der Waals surface area contributed by atoms with Gasteiger partial charge in [0.25, 0.3) is 5.91 Å². The largest absolute Gasteiger partial charge is 0.497 e. The van der Waals surface area contributed by atoms with Crippen LogP contribution in [0.3, 0.4) is 0 Å². The van der Waals surface area contributed by atoms with Crippen LogP contribution in [-0.2, 0) is 19.4 Å². The van der Waals surface area contributed by atoms with Crippen molar-refractivity contribution < 1.29 is 14.1 Å². The van der Waals surface area contributed by atoms with Gasteiger partial charge in [-0.3, -0.25) is 9.79 Å². The Bertz CT molecular complexity index is 786. The van der Waals surface area contributed by atoms with Crippen molar-refractivity contribution in [3.05, 3.63) is 46.8 Å². The van der Waals surface area contributed by atoms with E-state index < -0.39 is 0 Å². The van der Waals surface area contributed by atoms with Crippen LogP contribution in [0.5, 0.6) is 5.75 Å². The number of amides is 1. The summed E-state index contributed by atoms with van der Waals surface area (Å²) in [6.07, 6.45) is 1.62. The van der Waals surface area contributed by atoms with Gasteiger partial charge in [-0.1, -0.05) is 25.1 Å². The molecule has 1 aromatic heterocycles. The van der Waals surface area contributed by atoms with Gasteiger partial charge < -0.3 is 25.2 Å². The van der Waals surface area contributed by atoms with E-state index in [1.54, 1.807) is 38.4 Å². The summed E-state index contributed by atoms with van der Waals surface area (Å²) < 4.78 is 10.5. The summed E-state index contributed by atoms with van der Waals surface area (Å²) in [7, 11) is 3.28. The molecular formula is C20H30IN5O3. The van der Waals surface area contributed by atoms with Gasteiger partial charge >= 0.3 is 0 Å². The Morgan fingerprint density at radius 1 is 1.17 bits per heavy atom. The highest BCUT2D eigenvalue weighted by Crippen LogP contribution is 2.15. The SMILES string of the molecule is CCc1noc(CC)c1CNC(=NC)NCCNC(=O)c1cccc(OC)c1.I. The van der Waals surface area contributed by atoms with Gasteiger partial charge in [-0.2, -0.15) is 0 Å². The number of ether oxygens (including phenoxy) is 1. The number of aromatic nitrogens is 1. The highest BCUT2D eigenvalue weighted by Gasteiger charge is 2.13. The maximum atomic E-state index is 12.2. The van der Waals surface area contributed by atoms with E-state index in [4.69, 9.17) is 9.26 Å². The van der Waals surface area contributed by atoms with E-state index in [0.717, 1.165) is 29.9 Å². The lowest BCUT2D eigenvalue weighted by Crippen LogP contribution is -2.41. The molecule has 0 saturated heterocycles. The van der Waals surface area contributed by atoms with E-state index >= 15 is 0 Å². The molecular weight excluding hydrogens is 485 g/mol. The molecule has 0 atom stereocenters. The van der Waals surface area contributed by atoms with E-state index in [-0.39, 0.29) is 29.9 Å². The van der Waals surface area contributed by atoms with Gasteiger partial charge in [0.15, 0.2) is 5.96 Å². The number of aryl methyl sites for hydroxylation is 2. The van der Waals surface area contributed by atoms with Crippen molar-refractivity contribution in [3.8, 4) is 5.75 Å². The lowest BCUT2D eigenvalue weighted by Gasteiger charge is -2.13. The van der Waals surface area contributed by atoms with Crippen LogP contribution in [0, 0.1) is 0 Å². The van der Waals surface area contributed by atoms with Gasteiger partial charge in [-0.05, 0) is 24.6 Å². The number of nitrogens with zero attached hydrogens (tertiary/aromatic N) is 2. The Hall–Kier alpha value is -2.30. The average Bonchev–Trinajstić information content (AvgIpc) is 3.15. The molecule has 3 N–H and O–H groups in total.